The zero-order valence-corrected chi connectivity index (χ0v) is 22.0. The smallest absolute Gasteiger partial charge is 0.0829 e. The third-order valence-electron chi connectivity index (χ3n) is 7.20. The van der Waals surface area contributed by atoms with Crippen LogP contribution in [0, 0.1) is 11.8 Å². The SMILES string of the molecule is C=COC=C.OCCCCCCCCCCC1CCC(CCCCCCCCCCO)CC1. The van der Waals surface area contributed by atoms with Crippen molar-refractivity contribution in [3.05, 3.63) is 25.7 Å². The molecule has 0 atom stereocenters. The predicted octanol–water partition coefficient (Wildman–Crippen LogP) is 9.09. The molecule has 0 amide bonds. The molecular formula is C30H58O3. The quantitative estimate of drug-likeness (QED) is 0.123. The van der Waals surface area contributed by atoms with E-state index in [0.717, 1.165) is 24.7 Å². The van der Waals surface area contributed by atoms with Crippen molar-refractivity contribution < 1.29 is 14.9 Å². The van der Waals surface area contributed by atoms with E-state index in [1.165, 1.54) is 141 Å². The maximum absolute atomic E-state index is 8.78. The van der Waals surface area contributed by atoms with Crippen LogP contribution in [-0.2, 0) is 4.74 Å². The first-order valence-corrected chi connectivity index (χ1v) is 14.4. The Morgan fingerprint density at radius 3 is 1.00 bits per heavy atom. The van der Waals surface area contributed by atoms with Crippen LogP contribution in [0.25, 0.3) is 0 Å². The molecule has 3 heteroatoms. The summed E-state index contributed by atoms with van der Waals surface area (Å²) in [6.45, 7) is 7.25. The molecule has 2 N–H and O–H groups in total. The summed E-state index contributed by atoms with van der Waals surface area (Å²) in [5.41, 5.74) is 0. The van der Waals surface area contributed by atoms with E-state index in [0.29, 0.717) is 13.2 Å². The van der Waals surface area contributed by atoms with Crippen LogP contribution in [0.1, 0.15) is 141 Å². The standard InChI is InChI=1S/C26H52O2.C4H6O/c27-23-15-11-7-3-1-5-9-13-17-25-19-21-26(22-20-25)18-14-10-6-2-4-8-12-16-24-28;1-3-5-4-2/h25-28H,1-24H2;3-4H,1-2H2. The molecule has 3 nitrogen and oxygen atoms in total. The number of ether oxygens (including phenoxy) is 1. The summed E-state index contributed by atoms with van der Waals surface area (Å²) in [6.07, 6.45) is 32.9. The molecule has 196 valence electrons. The first kappa shape index (κ1) is 32.2. The number of unbranched alkanes of at least 4 members (excludes halogenated alkanes) is 14. The molecule has 0 bridgehead atoms. The lowest BCUT2D eigenvalue weighted by atomic mass is 9.78. The van der Waals surface area contributed by atoms with E-state index in [2.05, 4.69) is 17.9 Å². The molecule has 33 heavy (non-hydrogen) atoms. The van der Waals surface area contributed by atoms with E-state index in [-0.39, 0.29) is 0 Å². The molecule has 1 saturated carbocycles. The van der Waals surface area contributed by atoms with Crippen LogP contribution in [0.2, 0.25) is 0 Å². The molecule has 0 aromatic heterocycles. The fraction of sp³-hybridized carbons (Fsp3) is 0.867. The Bertz CT molecular complexity index is 352. The molecule has 1 fully saturated rings. The summed E-state index contributed by atoms with van der Waals surface area (Å²) in [6, 6.07) is 0. The maximum atomic E-state index is 8.78. The monoisotopic (exact) mass is 466 g/mol. The highest BCUT2D eigenvalue weighted by molar-refractivity contribution is 4.73. The lowest BCUT2D eigenvalue weighted by Gasteiger charge is -2.28. The van der Waals surface area contributed by atoms with E-state index >= 15 is 0 Å². The summed E-state index contributed by atoms with van der Waals surface area (Å²) in [5, 5.41) is 17.6. The van der Waals surface area contributed by atoms with Gasteiger partial charge in [0.15, 0.2) is 0 Å². The second-order valence-corrected chi connectivity index (χ2v) is 10.0. The zero-order chi connectivity index (χ0) is 24.2. The van der Waals surface area contributed by atoms with E-state index in [1.54, 1.807) is 0 Å². The van der Waals surface area contributed by atoms with Gasteiger partial charge in [0.05, 0.1) is 12.5 Å². The van der Waals surface area contributed by atoms with Gasteiger partial charge in [-0.3, -0.25) is 0 Å². The van der Waals surface area contributed by atoms with Crippen LogP contribution in [0.5, 0.6) is 0 Å². The highest BCUT2D eigenvalue weighted by atomic mass is 16.5. The minimum atomic E-state index is 0.370. The van der Waals surface area contributed by atoms with Crippen LogP contribution in [0.3, 0.4) is 0 Å². The lowest BCUT2D eigenvalue weighted by Crippen LogP contribution is -2.14. The third kappa shape index (κ3) is 24.1. The van der Waals surface area contributed by atoms with Gasteiger partial charge in [0, 0.05) is 13.2 Å². The van der Waals surface area contributed by atoms with Crippen LogP contribution in [0.4, 0.5) is 0 Å². The third-order valence-corrected chi connectivity index (χ3v) is 7.20. The summed E-state index contributed by atoms with van der Waals surface area (Å²) in [5.74, 6) is 2.08. The minimum Gasteiger partial charge on any atom is -0.474 e. The van der Waals surface area contributed by atoms with Gasteiger partial charge in [0.2, 0.25) is 0 Å². The van der Waals surface area contributed by atoms with Crippen molar-refractivity contribution in [1.29, 1.82) is 0 Å². The van der Waals surface area contributed by atoms with Crippen molar-refractivity contribution in [2.75, 3.05) is 13.2 Å². The van der Waals surface area contributed by atoms with Crippen molar-refractivity contribution in [2.45, 2.75) is 141 Å². The van der Waals surface area contributed by atoms with Gasteiger partial charge in [0.1, 0.15) is 0 Å². The Hall–Kier alpha value is -0.800. The summed E-state index contributed by atoms with van der Waals surface area (Å²) in [7, 11) is 0. The van der Waals surface area contributed by atoms with Gasteiger partial charge in [-0.1, -0.05) is 142 Å². The van der Waals surface area contributed by atoms with Crippen molar-refractivity contribution in [3.63, 3.8) is 0 Å². The van der Waals surface area contributed by atoms with Crippen LogP contribution in [0.15, 0.2) is 25.7 Å². The highest BCUT2D eigenvalue weighted by Gasteiger charge is 2.20. The molecule has 1 aliphatic rings. The average Bonchev–Trinajstić information content (AvgIpc) is 2.84. The topological polar surface area (TPSA) is 49.7 Å². The van der Waals surface area contributed by atoms with Crippen LogP contribution in [-0.4, -0.2) is 23.4 Å². The predicted molar refractivity (Wildman–Crippen MR) is 144 cm³/mol. The van der Waals surface area contributed by atoms with Gasteiger partial charge in [0.25, 0.3) is 0 Å². The van der Waals surface area contributed by atoms with Gasteiger partial charge in [-0.2, -0.15) is 0 Å². The van der Waals surface area contributed by atoms with Gasteiger partial charge in [-0.25, -0.2) is 0 Å². The Morgan fingerprint density at radius 1 is 0.485 bits per heavy atom. The minimum absolute atomic E-state index is 0.370. The molecule has 0 aromatic rings. The number of aliphatic hydroxyl groups excluding tert-OH is 2. The molecule has 1 rings (SSSR count). The maximum Gasteiger partial charge on any atom is 0.0829 e. The lowest BCUT2D eigenvalue weighted by molar-refractivity contribution is 0.244. The summed E-state index contributed by atoms with van der Waals surface area (Å²) < 4.78 is 4.36. The number of rotatable bonds is 22. The molecule has 0 aliphatic heterocycles. The van der Waals surface area contributed by atoms with Gasteiger partial charge >= 0.3 is 0 Å². The van der Waals surface area contributed by atoms with Gasteiger partial charge < -0.3 is 14.9 Å². The second kappa shape index (κ2) is 27.4. The van der Waals surface area contributed by atoms with E-state index in [1.807, 2.05) is 0 Å². The van der Waals surface area contributed by atoms with Gasteiger partial charge in [-0.05, 0) is 24.7 Å². The average molecular weight is 467 g/mol. The Labute approximate surface area is 207 Å². The normalized spacial score (nSPS) is 17.8. The molecule has 0 saturated heterocycles. The first-order valence-electron chi connectivity index (χ1n) is 14.4. The molecule has 0 spiro atoms. The Kier molecular flexibility index (Phi) is 26.8. The molecule has 0 aromatic carbocycles. The van der Waals surface area contributed by atoms with Crippen LogP contribution < -0.4 is 0 Å². The highest BCUT2D eigenvalue weighted by Crippen LogP contribution is 2.34. The molecule has 0 heterocycles. The zero-order valence-electron chi connectivity index (χ0n) is 22.0. The molecule has 0 unspecified atom stereocenters. The largest absolute Gasteiger partial charge is 0.474 e. The number of hydrogen-bond acceptors (Lipinski definition) is 3. The number of aliphatic hydroxyl groups is 2. The van der Waals surface area contributed by atoms with Crippen molar-refractivity contribution in [2.24, 2.45) is 11.8 Å². The van der Waals surface area contributed by atoms with Gasteiger partial charge in [-0.15, -0.1) is 0 Å². The first-order chi connectivity index (χ1) is 16.3. The fourth-order valence-electron chi connectivity index (χ4n) is 5.09. The second-order valence-electron chi connectivity index (χ2n) is 10.0. The summed E-state index contributed by atoms with van der Waals surface area (Å²) in [4.78, 5) is 0. The molecule has 1 aliphatic carbocycles. The fourth-order valence-corrected chi connectivity index (χ4v) is 5.09. The summed E-state index contributed by atoms with van der Waals surface area (Å²) >= 11 is 0. The van der Waals surface area contributed by atoms with Crippen molar-refractivity contribution in [1.82, 2.24) is 0 Å². The van der Waals surface area contributed by atoms with Crippen LogP contribution >= 0.6 is 0 Å². The van der Waals surface area contributed by atoms with E-state index in [9.17, 15) is 0 Å². The Morgan fingerprint density at radius 2 is 0.758 bits per heavy atom. The van der Waals surface area contributed by atoms with Crippen molar-refractivity contribution >= 4 is 0 Å². The molecular weight excluding hydrogens is 408 g/mol. The Balaban J connectivity index is 0.00000184. The van der Waals surface area contributed by atoms with E-state index < -0.39 is 0 Å². The van der Waals surface area contributed by atoms with E-state index in [4.69, 9.17) is 10.2 Å². The van der Waals surface area contributed by atoms with Crippen molar-refractivity contribution in [3.8, 4) is 0 Å². The number of hydrogen-bond donors (Lipinski definition) is 2. The molecule has 0 radical (unpaired) electrons.